The van der Waals surface area contributed by atoms with Crippen LogP contribution in [0.15, 0.2) is 77.8 Å². The summed E-state index contributed by atoms with van der Waals surface area (Å²) >= 11 is 0. The largest absolute Gasteiger partial charge is 0.497 e. The average Bonchev–Trinajstić information content (AvgIpc) is 2.78. The van der Waals surface area contributed by atoms with Crippen LogP contribution < -0.4 is 25.3 Å². The van der Waals surface area contributed by atoms with Crippen molar-refractivity contribution in [2.24, 2.45) is 10.7 Å². The van der Waals surface area contributed by atoms with Gasteiger partial charge in [-0.1, -0.05) is 24.3 Å². The summed E-state index contributed by atoms with van der Waals surface area (Å²) in [5.74, 6) is 2.76. The molecule has 1 atom stereocenters. The first kappa shape index (κ1) is 24.3. The predicted octanol–water partition coefficient (Wildman–Crippen LogP) is 4.57. The van der Waals surface area contributed by atoms with E-state index >= 15 is 0 Å². The fourth-order valence-corrected chi connectivity index (χ4v) is 2.83. The van der Waals surface area contributed by atoms with Crippen LogP contribution in [-0.2, 0) is 0 Å². The molecule has 31 heavy (non-hydrogen) atoms. The number of nitrogens with one attached hydrogen (secondary N) is 1. The quantitative estimate of drug-likeness (QED) is 0.222. The molecule has 4 N–H and O–H groups in total. The van der Waals surface area contributed by atoms with Crippen molar-refractivity contribution >= 4 is 35.6 Å². The standard InChI is InChI=1S/C23H25N3O4.HI/c1-28-18-11-12-22(29-2)20(14-18)21(27)15-25-23(24)26-16-7-6-10-19(13-16)30-17-8-4-3-5-9-17;/h3-14,21,27H,15H2,1-2H3,(H3,24,25,26);1H. The predicted molar refractivity (Wildman–Crippen MR) is 133 cm³/mol. The van der Waals surface area contributed by atoms with Crippen LogP contribution in [0.5, 0.6) is 23.0 Å². The number of aliphatic hydroxyl groups excluding tert-OH is 1. The van der Waals surface area contributed by atoms with E-state index in [1.165, 1.54) is 0 Å². The smallest absolute Gasteiger partial charge is 0.193 e. The minimum absolute atomic E-state index is 0. The van der Waals surface area contributed by atoms with Gasteiger partial charge >= 0.3 is 0 Å². The second-order valence-electron chi connectivity index (χ2n) is 6.42. The number of nitrogens with zero attached hydrogens (tertiary/aromatic N) is 1. The van der Waals surface area contributed by atoms with E-state index in [1.807, 2.05) is 54.6 Å². The van der Waals surface area contributed by atoms with Gasteiger partial charge in [-0.05, 0) is 42.5 Å². The monoisotopic (exact) mass is 535 g/mol. The van der Waals surface area contributed by atoms with Gasteiger partial charge in [0.1, 0.15) is 29.1 Å². The molecule has 0 aliphatic carbocycles. The Bertz CT molecular complexity index is 999. The zero-order chi connectivity index (χ0) is 21.3. The average molecular weight is 535 g/mol. The van der Waals surface area contributed by atoms with Crippen LogP contribution in [0, 0.1) is 0 Å². The molecule has 164 valence electrons. The Morgan fingerprint density at radius 1 is 0.935 bits per heavy atom. The zero-order valence-electron chi connectivity index (χ0n) is 17.3. The minimum Gasteiger partial charge on any atom is -0.497 e. The summed E-state index contributed by atoms with van der Waals surface area (Å²) < 4.78 is 16.3. The normalized spacial score (nSPS) is 11.8. The summed E-state index contributed by atoms with van der Waals surface area (Å²) in [6.07, 6.45) is -0.900. The Kier molecular flexibility index (Phi) is 9.41. The summed E-state index contributed by atoms with van der Waals surface area (Å²) in [4.78, 5) is 4.24. The van der Waals surface area contributed by atoms with Gasteiger partial charge in [-0.15, -0.1) is 24.0 Å². The molecule has 7 nitrogen and oxygen atoms in total. The number of anilines is 1. The van der Waals surface area contributed by atoms with Crippen LogP contribution in [0.3, 0.4) is 0 Å². The summed E-state index contributed by atoms with van der Waals surface area (Å²) in [5, 5.41) is 13.5. The molecule has 0 amide bonds. The lowest BCUT2D eigenvalue weighted by atomic mass is 10.1. The number of hydrogen-bond acceptors (Lipinski definition) is 5. The maximum absolute atomic E-state index is 10.5. The van der Waals surface area contributed by atoms with Crippen LogP contribution in [0.2, 0.25) is 0 Å². The first-order valence-corrected chi connectivity index (χ1v) is 9.39. The Morgan fingerprint density at radius 3 is 2.39 bits per heavy atom. The van der Waals surface area contributed by atoms with Gasteiger partial charge in [0.2, 0.25) is 0 Å². The number of nitrogens with two attached hydrogens (primary N) is 1. The third-order valence-electron chi connectivity index (χ3n) is 4.32. The first-order chi connectivity index (χ1) is 14.6. The topological polar surface area (TPSA) is 98.3 Å². The van der Waals surface area contributed by atoms with Crippen LogP contribution in [0.4, 0.5) is 5.69 Å². The number of benzene rings is 3. The molecule has 8 heteroatoms. The van der Waals surface area contributed by atoms with Gasteiger partial charge in [0.15, 0.2) is 5.96 Å². The highest BCUT2D eigenvalue weighted by Gasteiger charge is 2.14. The van der Waals surface area contributed by atoms with Crippen molar-refractivity contribution in [1.29, 1.82) is 0 Å². The van der Waals surface area contributed by atoms with E-state index in [1.54, 1.807) is 32.4 Å². The Morgan fingerprint density at radius 2 is 1.68 bits per heavy atom. The molecule has 0 fully saturated rings. The lowest BCUT2D eigenvalue weighted by Gasteiger charge is -2.15. The minimum atomic E-state index is -0.900. The molecule has 1 unspecified atom stereocenters. The number of ether oxygens (including phenoxy) is 3. The van der Waals surface area contributed by atoms with E-state index in [-0.39, 0.29) is 36.5 Å². The van der Waals surface area contributed by atoms with Gasteiger partial charge in [-0.2, -0.15) is 0 Å². The lowest BCUT2D eigenvalue weighted by molar-refractivity contribution is 0.182. The van der Waals surface area contributed by atoms with Gasteiger partial charge < -0.3 is 30.4 Å². The summed E-state index contributed by atoms with van der Waals surface area (Å²) in [7, 11) is 3.11. The number of hydrogen-bond donors (Lipinski definition) is 3. The summed E-state index contributed by atoms with van der Waals surface area (Å²) in [5.41, 5.74) is 7.29. The van der Waals surface area contributed by atoms with E-state index in [0.717, 1.165) is 11.4 Å². The fraction of sp³-hybridized carbons (Fsp3) is 0.174. The Labute approximate surface area is 198 Å². The van der Waals surface area contributed by atoms with Gasteiger partial charge in [0.25, 0.3) is 0 Å². The molecule has 0 heterocycles. The summed E-state index contributed by atoms with van der Waals surface area (Å²) in [6, 6.07) is 22.1. The molecule has 0 aliphatic rings. The Balaban J connectivity index is 0.00000341. The molecule has 0 spiro atoms. The molecule has 0 saturated heterocycles. The third-order valence-corrected chi connectivity index (χ3v) is 4.32. The van der Waals surface area contributed by atoms with E-state index in [4.69, 9.17) is 19.9 Å². The van der Waals surface area contributed by atoms with E-state index < -0.39 is 6.10 Å². The first-order valence-electron chi connectivity index (χ1n) is 9.39. The van der Waals surface area contributed by atoms with Crippen molar-refractivity contribution in [3.05, 3.63) is 78.4 Å². The van der Waals surface area contributed by atoms with Gasteiger partial charge in [0.05, 0.1) is 20.8 Å². The molecule has 0 saturated carbocycles. The second-order valence-corrected chi connectivity index (χ2v) is 6.42. The van der Waals surface area contributed by atoms with Gasteiger partial charge in [-0.3, -0.25) is 4.99 Å². The second kappa shape index (κ2) is 12.0. The fourth-order valence-electron chi connectivity index (χ4n) is 2.83. The van der Waals surface area contributed by atoms with E-state index in [9.17, 15) is 5.11 Å². The lowest BCUT2D eigenvalue weighted by Crippen LogP contribution is -2.23. The van der Waals surface area contributed by atoms with Crippen molar-refractivity contribution < 1.29 is 19.3 Å². The van der Waals surface area contributed by atoms with Gasteiger partial charge in [-0.25, -0.2) is 0 Å². The van der Waals surface area contributed by atoms with Crippen LogP contribution >= 0.6 is 24.0 Å². The molecule has 3 rings (SSSR count). The number of guanidine groups is 1. The van der Waals surface area contributed by atoms with E-state index in [0.29, 0.717) is 22.8 Å². The molecule has 0 aromatic heterocycles. The van der Waals surface area contributed by atoms with Crippen molar-refractivity contribution in [3.63, 3.8) is 0 Å². The molecular formula is C23H26IN3O4. The highest BCUT2D eigenvalue weighted by Crippen LogP contribution is 2.29. The highest BCUT2D eigenvalue weighted by molar-refractivity contribution is 14.0. The number of aliphatic imine (C=N–C) groups is 1. The number of rotatable bonds is 8. The number of aliphatic hydroxyl groups is 1. The zero-order valence-corrected chi connectivity index (χ0v) is 19.6. The molecule has 3 aromatic carbocycles. The van der Waals surface area contributed by atoms with Crippen LogP contribution in [-0.4, -0.2) is 31.8 Å². The van der Waals surface area contributed by atoms with Gasteiger partial charge in [0, 0.05) is 17.3 Å². The SMILES string of the molecule is COc1ccc(OC)c(C(O)CN=C(N)Nc2cccc(Oc3ccccc3)c2)c1.I. The Hall–Kier alpha value is -2.98. The van der Waals surface area contributed by atoms with Crippen molar-refractivity contribution in [1.82, 2.24) is 0 Å². The number of methoxy groups -OCH3 is 2. The number of para-hydroxylation sites is 1. The number of halogens is 1. The molecular weight excluding hydrogens is 509 g/mol. The van der Waals surface area contributed by atoms with Crippen molar-refractivity contribution in [3.8, 4) is 23.0 Å². The molecule has 0 radical (unpaired) electrons. The molecule has 0 aliphatic heterocycles. The maximum atomic E-state index is 10.5. The van der Waals surface area contributed by atoms with Crippen LogP contribution in [0.1, 0.15) is 11.7 Å². The maximum Gasteiger partial charge on any atom is 0.193 e. The summed E-state index contributed by atoms with van der Waals surface area (Å²) in [6.45, 7) is 0.0581. The molecule has 3 aromatic rings. The van der Waals surface area contributed by atoms with Crippen molar-refractivity contribution in [2.45, 2.75) is 6.10 Å². The molecule has 0 bridgehead atoms. The van der Waals surface area contributed by atoms with Crippen molar-refractivity contribution in [2.75, 3.05) is 26.1 Å². The highest BCUT2D eigenvalue weighted by atomic mass is 127. The third kappa shape index (κ3) is 7.04. The van der Waals surface area contributed by atoms with E-state index in [2.05, 4.69) is 10.3 Å². The van der Waals surface area contributed by atoms with Crippen LogP contribution in [0.25, 0.3) is 0 Å².